The van der Waals surface area contributed by atoms with Crippen LogP contribution >= 0.6 is 11.3 Å². The minimum absolute atomic E-state index is 0.0994. The molecule has 1 saturated heterocycles. The topological polar surface area (TPSA) is 63.7 Å². The van der Waals surface area contributed by atoms with Gasteiger partial charge in [-0.3, -0.25) is 4.79 Å². The molecule has 1 aliphatic heterocycles. The van der Waals surface area contributed by atoms with Gasteiger partial charge in [-0.2, -0.15) is 0 Å². The van der Waals surface area contributed by atoms with Crippen molar-refractivity contribution >= 4 is 22.4 Å². The fourth-order valence-electron chi connectivity index (χ4n) is 2.75. The second kappa shape index (κ2) is 6.87. The molecule has 6 nitrogen and oxygen atoms in total. The first-order valence-electron chi connectivity index (χ1n) is 7.39. The number of carbonyl (C=O) groups is 1. The molecular formula is C16H19N3O3S. The van der Waals surface area contributed by atoms with Crippen molar-refractivity contribution in [2.75, 3.05) is 32.2 Å². The number of rotatable bonds is 5. The Morgan fingerprint density at radius 3 is 2.96 bits per heavy atom. The third-order valence-corrected chi connectivity index (χ3v) is 4.69. The average molecular weight is 333 g/mol. The van der Waals surface area contributed by atoms with E-state index in [1.165, 1.54) is 7.11 Å². The first kappa shape index (κ1) is 15.6. The van der Waals surface area contributed by atoms with Gasteiger partial charge in [0.15, 0.2) is 16.6 Å². The number of nitrogens with one attached hydrogen (secondary N) is 1. The molecule has 2 aromatic rings. The van der Waals surface area contributed by atoms with Gasteiger partial charge in [-0.1, -0.05) is 6.07 Å². The zero-order valence-electron chi connectivity index (χ0n) is 13.1. The monoisotopic (exact) mass is 333 g/mol. The minimum Gasteiger partial charge on any atom is -0.493 e. The van der Waals surface area contributed by atoms with Gasteiger partial charge in [0.2, 0.25) is 0 Å². The van der Waals surface area contributed by atoms with Crippen LogP contribution in [0.3, 0.4) is 0 Å². The van der Waals surface area contributed by atoms with Crippen LogP contribution in [0.2, 0.25) is 0 Å². The Kier molecular flexibility index (Phi) is 4.66. The standard InChI is InChI=1S/C16H19N3O3S/c1-21-13-5-3-4-12(14(13)22-2)15(20)18-11-6-8-19(10-11)16-17-7-9-23-16/h3-5,7,9,11H,6,8,10H2,1-2H3,(H,18,20). The van der Waals surface area contributed by atoms with Gasteiger partial charge in [-0.05, 0) is 18.6 Å². The fourth-order valence-corrected chi connectivity index (χ4v) is 3.43. The number of methoxy groups -OCH3 is 2. The lowest BCUT2D eigenvalue weighted by molar-refractivity contribution is 0.0936. The molecule has 0 saturated carbocycles. The molecule has 1 N–H and O–H groups in total. The van der Waals surface area contributed by atoms with Crippen molar-refractivity contribution < 1.29 is 14.3 Å². The Bertz CT molecular complexity index is 675. The maximum atomic E-state index is 12.6. The summed E-state index contributed by atoms with van der Waals surface area (Å²) in [6.07, 6.45) is 2.70. The summed E-state index contributed by atoms with van der Waals surface area (Å²) in [5, 5.41) is 6.04. The maximum absolute atomic E-state index is 12.6. The van der Waals surface area contributed by atoms with Gasteiger partial charge in [-0.25, -0.2) is 4.98 Å². The third kappa shape index (κ3) is 3.24. The second-order valence-electron chi connectivity index (χ2n) is 5.26. The average Bonchev–Trinajstić information content (AvgIpc) is 3.25. The van der Waals surface area contributed by atoms with Crippen LogP contribution in [0.5, 0.6) is 11.5 Å². The Hall–Kier alpha value is -2.28. The van der Waals surface area contributed by atoms with Crippen molar-refractivity contribution in [3.05, 3.63) is 35.3 Å². The van der Waals surface area contributed by atoms with E-state index in [0.717, 1.165) is 24.6 Å². The summed E-state index contributed by atoms with van der Waals surface area (Å²) in [6, 6.07) is 5.40. The summed E-state index contributed by atoms with van der Waals surface area (Å²) in [4.78, 5) is 19.1. The summed E-state index contributed by atoms with van der Waals surface area (Å²) >= 11 is 1.61. The number of hydrogen-bond donors (Lipinski definition) is 1. The van der Waals surface area contributed by atoms with E-state index in [2.05, 4.69) is 15.2 Å². The number of benzene rings is 1. The highest BCUT2D eigenvalue weighted by molar-refractivity contribution is 7.13. The molecule has 2 heterocycles. The Labute approximate surface area is 139 Å². The number of aromatic nitrogens is 1. The Morgan fingerprint density at radius 2 is 2.26 bits per heavy atom. The van der Waals surface area contributed by atoms with Crippen LogP contribution < -0.4 is 19.7 Å². The first-order chi connectivity index (χ1) is 11.2. The van der Waals surface area contributed by atoms with E-state index in [1.54, 1.807) is 42.8 Å². The van der Waals surface area contributed by atoms with Crippen molar-refractivity contribution in [3.8, 4) is 11.5 Å². The van der Waals surface area contributed by atoms with E-state index < -0.39 is 0 Å². The quantitative estimate of drug-likeness (QED) is 0.908. The van der Waals surface area contributed by atoms with Gasteiger partial charge in [0.25, 0.3) is 5.91 Å². The van der Waals surface area contributed by atoms with Crippen LogP contribution in [0.25, 0.3) is 0 Å². The van der Waals surface area contributed by atoms with Crippen LogP contribution in [0.1, 0.15) is 16.8 Å². The molecule has 1 aromatic heterocycles. The molecule has 1 amide bonds. The summed E-state index contributed by atoms with van der Waals surface area (Å²) in [7, 11) is 3.09. The van der Waals surface area contributed by atoms with E-state index in [1.807, 2.05) is 5.38 Å². The number of nitrogens with zero attached hydrogens (tertiary/aromatic N) is 2. The van der Waals surface area contributed by atoms with Gasteiger partial charge < -0.3 is 19.7 Å². The van der Waals surface area contributed by atoms with Crippen molar-refractivity contribution in [2.24, 2.45) is 0 Å². The molecule has 0 spiro atoms. The predicted octanol–water partition coefficient (Wildman–Crippen LogP) is 2.17. The summed E-state index contributed by atoms with van der Waals surface area (Å²) < 4.78 is 10.6. The summed E-state index contributed by atoms with van der Waals surface area (Å²) in [6.45, 7) is 1.67. The number of para-hydroxylation sites is 1. The van der Waals surface area contributed by atoms with E-state index in [9.17, 15) is 4.79 Å². The van der Waals surface area contributed by atoms with E-state index in [0.29, 0.717) is 17.1 Å². The lowest BCUT2D eigenvalue weighted by Crippen LogP contribution is -2.37. The number of thiazole rings is 1. The molecule has 1 fully saturated rings. The maximum Gasteiger partial charge on any atom is 0.255 e. The molecule has 1 aliphatic rings. The number of carbonyl (C=O) groups excluding carboxylic acids is 1. The molecule has 122 valence electrons. The van der Waals surface area contributed by atoms with Crippen LogP contribution in [0.15, 0.2) is 29.8 Å². The summed E-state index contributed by atoms with van der Waals surface area (Å²) in [5.41, 5.74) is 0.486. The van der Waals surface area contributed by atoms with E-state index in [-0.39, 0.29) is 11.9 Å². The molecule has 3 rings (SSSR count). The van der Waals surface area contributed by atoms with Crippen LogP contribution in [-0.2, 0) is 0 Å². The molecule has 0 aliphatic carbocycles. The Morgan fingerprint density at radius 1 is 1.39 bits per heavy atom. The van der Waals surface area contributed by atoms with Crippen molar-refractivity contribution in [3.63, 3.8) is 0 Å². The van der Waals surface area contributed by atoms with Crippen LogP contribution in [0, 0.1) is 0 Å². The van der Waals surface area contributed by atoms with Gasteiger partial charge in [0.05, 0.1) is 19.8 Å². The molecule has 1 aromatic carbocycles. The van der Waals surface area contributed by atoms with Gasteiger partial charge in [0, 0.05) is 30.7 Å². The summed E-state index contributed by atoms with van der Waals surface area (Å²) in [5.74, 6) is 0.866. The highest BCUT2D eigenvalue weighted by Gasteiger charge is 2.27. The molecule has 7 heteroatoms. The highest BCUT2D eigenvalue weighted by atomic mass is 32.1. The lowest BCUT2D eigenvalue weighted by atomic mass is 10.1. The molecule has 1 atom stereocenters. The minimum atomic E-state index is -0.147. The lowest BCUT2D eigenvalue weighted by Gasteiger charge is -2.17. The number of hydrogen-bond acceptors (Lipinski definition) is 6. The number of amides is 1. The van der Waals surface area contributed by atoms with Gasteiger partial charge in [-0.15, -0.1) is 11.3 Å². The van der Waals surface area contributed by atoms with E-state index >= 15 is 0 Å². The number of anilines is 1. The fraction of sp³-hybridized carbons (Fsp3) is 0.375. The molecule has 23 heavy (non-hydrogen) atoms. The normalized spacial score (nSPS) is 17.1. The molecule has 1 unspecified atom stereocenters. The molecule has 0 bridgehead atoms. The second-order valence-corrected chi connectivity index (χ2v) is 6.13. The largest absolute Gasteiger partial charge is 0.493 e. The van der Waals surface area contributed by atoms with Crippen molar-refractivity contribution in [2.45, 2.75) is 12.5 Å². The van der Waals surface area contributed by atoms with E-state index in [4.69, 9.17) is 9.47 Å². The number of ether oxygens (including phenoxy) is 2. The third-order valence-electron chi connectivity index (χ3n) is 3.86. The Balaban J connectivity index is 1.68. The molecule has 0 radical (unpaired) electrons. The predicted molar refractivity (Wildman–Crippen MR) is 89.7 cm³/mol. The van der Waals surface area contributed by atoms with Crippen LogP contribution in [-0.4, -0.2) is 44.2 Å². The van der Waals surface area contributed by atoms with Crippen LogP contribution in [0.4, 0.5) is 5.13 Å². The van der Waals surface area contributed by atoms with Crippen molar-refractivity contribution in [1.82, 2.24) is 10.3 Å². The first-order valence-corrected chi connectivity index (χ1v) is 8.27. The smallest absolute Gasteiger partial charge is 0.255 e. The molecular weight excluding hydrogens is 314 g/mol. The van der Waals surface area contributed by atoms with Gasteiger partial charge >= 0.3 is 0 Å². The van der Waals surface area contributed by atoms with Gasteiger partial charge in [0.1, 0.15) is 0 Å². The highest BCUT2D eigenvalue weighted by Crippen LogP contribution is 2.31. The zero-order chi connectivity index (χ0) is 16.2. The SMILES string of the molecule is COc1cccc(C(=O)NC2CCN(c3nccs3)C2)c1OC. The zero-order valence-corrected chi connectivity index (χ0v) is 13.9. The van der Waals surface area contributed by atoms with Crippen molar-refractivity contribution in [1.29, 1.82) is 0 Å².